The zero-order valence-corrected chi connectivity index (χ0v) is 9.26. The summed E-state index contributed by atoms with van der Waals surface area (Å²) in [7, 11) is 0. The van der Waals surface area contributed by atoms with Gasteiger partial charge in [0.05, 0.1) is 13.2 Å². The lowest BCUT2D eigenvalue weighted by molar-refractivity contribution is -0.145. The maximum atomic E-state index is 11.0. The van der Waals surface area contributed by atoms with Crippen molar-refractivity contribution in [3.8, 4) is 0 Å². The zero-order chi connectivity index (χ0) is 10.4. The van der Waals surface area contributed by atoms with Gasteiger partial charge < -0.3 is 9.84 Å². The number of carboxylic acid groups (broad SMARTS) is 1. The van der Waals surface area contributed by atoms with Crippen LogP contribution in [0.5, 0.6) is 0 Å². The molecule has 0 spiro atoms. The molecule has 1 atom stereocenters. The Balaban J connectivity index is 2.43. The number of aliphatic carboxylic acids is 1. The van der Waals surface area contributed by atoms with E-state index in [4.69, 9.17) is 9.84 Å². The molecule has 0 saturated carbocycles. The SMILES string of the molecule is CSCCC(C(=O)O)N1CCOCC1. The molecule has 1 saturated heterocycles. The number of thioether (sulfide) groups is 1. The number of ether oxygens (including phenoxy) is 1. The molecule has 1 N–H and O–H groups in total. The van der Waals surface area contributed by atoms with E-state index in [1.807, 2.05) is 11.2 Å². The molecule has 0 aliphatic carbocycles. The normalized spacial score (nSPS) is 20.6. The van der Waals surface area contributed by atoms with Gasteiger partial charge in [-0.05, 0) is 18.4 Å². The van der Waals surface area contributed by atoms with E-state index in [0.29, 0.717) is 13.2 Å². The summed E-state index contributed by atoms with van der Waals surface area (Å²) in [6.07, 6.45) is 2.72. The fraction of sp³-hybridized carbons (Fsp3) is 0.889. The first-order valence-electron chi connectivity index (χ1n) is 4.79. The van der Waals surface area contributed by atoms with Crippen LogP contribution in [0.3, 0.4) is 0 Å². The van der Waals surface area contributed by atoms with Crippen molar-refractivity contribution in [3.05, 3.63) is 0 Å². The van der Waals surface area contributed by atoms with Gasteiger partial charge >= 0.3 is 5.97 Å². The van der Waals surface area contributed by atoms with Crippen molar-refractivity contribution in [1.29, 1.82) is 0 Å². The summed E-state index contributed by atoms with van der Waals surface area (Å²) in [5.41, 5.74) is 0. The molecule has 0 aromatic carbocycles. The highest BCUT2D eigenvalue weighted by molar-refractivity contribution is 7.98. The highest BCUT2D eigenvalue weighted by Gasteiger charge is 2.26. The van der Waals surface area contributed by atoms with Gasteiger partial charge in [-0.2, -0.15) is 11.8 Å². The molecule has 0 amide bonds. The van der Waals surface area contributed by atoms with Crippen molar-refractivity contribution < 1.29 is 14.6 Å². The van der Waals surface area contributed by atoms with Gasteiger partial charge in [-0.1, -0.05) is 0 Å². The average Bonchev–Trinajstić information content (AvgIpc) is 2.19. The van der Waals surface area contributed by atoms with Crippen molar-refractivity contribution >= 4 is 17.7 Å². The van der Waals surface area contributed by atoms with Crippen molar-refractivity contribution in [2.75, 3.05) is 38.3 Å². The van der Waals surface area contributed by atoms with Crippen LogP contribution in [0.2, 0.25) is 0 Å². The second kappa shape index (κ2) is 6.27. The number of hydrogen-bond acceptors (Lipinski definition) is 4. The highest BCUT2D eigenvalue weighted by Crippen LogP contribution is 2.10. The van der Waals surface area contributed by atoms with Crippen molar-refractivity contribution in [2.45, 2.75) is 12.5 Å². The van der Waals surface area contributed by atoms with Crippen LogP contribution in [0.1, 0.15) is 6.42 Å². The molecule has 1 unspecified atom stereocenters. The quantitative estimate of drug-likeness (QED) is 0.730. The lowest BCUT2D eigenvalue weighted by atomic mass is 10.2. The monoisotopic (exact) mass is 219 g/mol. The summed E-state index contributed by atoms with van der Waals surface area (Å²) in [6, 6.07) is -0.327. The van der Waals surface area contributed by atoms with Gasteiger partial charge in [0.15, 0.2) is 0 Å². The minimum Gasteiger partial charge on any atom is -0.480 e. The molecule has 0 aromatic heterocycles. The predicted octanol–water partition coefficient (Wildman–Crippen LogP) is 0.525. The summed E-state index contributed by atoms with van der Waals surface area (Å²) >= 11 is 1.69. The smallest absolute Gasteiger partial charge is 0.320 e. The Morgan fingerprint density at radius 2 is 2.21 bits per heavy atom. The number of hydrogen-bond donors (Lipinski definition) is 1. The number of morpholine rings is 1. The number of carboxylic acids is 1. The van der Waals surface area contributed by atoms with Crippen LogP contribution in [0.25, 0.3) is 0 Å². The van der Waals surface area contributed by atoms with E-state index in [0.717, 1.165) is 25.3 Å². The van der Waals surface area contributed by atoms with Gasteiger partial charge in [0.1, 0.15) is 6.04 Å². The Hall–Kier alpha value is -0.260. The molecule has 0 radical (unpaired) electrons. The maximum Gasteiger partial charge on any atom is 0.320 e. The van der Waals surface area contributed by atoms with Gasteiger partial charge in [0.25, 0.3) is 0 Å². The van der Waals surface area contributed by atoms with Gasteiger partial charge in [0.2, 0.25) is 0 Å². The Kier molecular flexibility index (Phi) is 5.29. The minimum absolute atomic E-state index is 0.327. The van der Waals surface area contributed by atoms with Gasteiger partial charge in [-0.3, -0.25) is 9.69 Å². The van der Waals surface area contributed by atoms with Crippen molar-refractivity contribution in [1.82, 2.24) is 4.90 Å². The summed E-state index contributed by atoms with van der Waals surface area (Å²) in [6.45, 7) is 2.79. The second-order valence-corrected chi connectivity index (χ2v) is 4.27. The Morgan fingerprint density at radius 1 is 1.57 bits per heavy atom. The Bertz CT molecular complexity index is 183. The molecule has 0 bridgehead atoms. The first kappa shape index (κ1) is 11.8. The largest absolute Gasteiger partial charge is 0.480 e. The molecular formula is C9H17NO3S. The van der Waals surface area contributed by atoms with E-state index < -0.39 is 5.97 Å². The van der Waals surface area contributed by atoms with Crippen LogP contribution in [0.15, 0.2) is 0 Å². The maximum absolute atomic E-state index is 11.0. The number of carbonyl (C=O) groups is 1. The fourth-order valence-corrected chi connectivity index (χ4v) is 2.04. The third-order valence-corrected chi connectivity index (χ3v) is 3.01. The highest BCUT2D eigenvalue weighted by atomic mass is 32.2. The van der Waals surface area contributed by atoms with E-state index in [2.05, 4.69) is 0 Å². The summed E-state index contributed by atoms with van der Waals surface area (Å²) in [5.74, 6) is 0.190. The molecule has 14 heavy (non-hydrogen) atoms. The Morgan fingerprint density at radius 3 is 2.71 bits per heavy atom. The van der Waals surface area contributed by atoms with Crippen molar-refractivity contribution in [2.24, 2.45) is 0 Å². The molecule has 1 aliphatic heterocycles. The molecule has 1 fully saturated rings. The lowest BCUT2D eigenvalue weighted by Crippen LogP contribution is -2.47. The first-order chi connectivity index (χ1) is 6.75. The van der Waals surface area contributed by atoms with Gasteiger partial charge in [0, 0.05) is 13.1 Å². The fourth-order valence-electron chi connectivity index (χ4n) is 1.58. The zero-order valence-electron chi connectivity index (χ0n) is 8.44. The van der Waals surface area contributed by atoms with Crippen LogP contribution < -0.4 is 0 Å². The number of rotatable bonds is 5. The van der Waals surface area contributed by atoms with Crippen LogP contribution in [0, 0.1) is 0 Å². The van der Waals surface area contributed by atoms with Crippen LogP contribution >= 0.6 is 11.8 Å². The standard InChI is InChI=1S/C9H17NO3S/c1-14-7-2-8(9(11)12)10-3-5-13-6-4-10/h8H,2-7H2,1H3,(H,11,12). The molecular weight excluding hydrogens is 202 g/mol. The van der Waals surface area contributed by atoms with E-state index >= 15 is 0 Å². The molecule has 82 valence electrons. The first-order valence-corrected chi connectivity index (χ1v) is 6.18. The van der Waals surface area contributed by atoms with Crippen LogP contribution in [-0.2, 0) is 9.53 Å². The average molecular weight is 219 g/mol. The summed E-state index contributed by atoms with van der Waals surface area (Å²) in [4.78, 5) is 13.0. The van der Waals surface area contributed by atoms with Crippen molar-refractivity contribution in [3.63, 3.8) is 0 Å². The van der Waals surface area contributed by atoms with Crippen LogP contribution in [-0.4, -0.2) is 60.3 Å². The molecule has 1 heterocycles. The molecule has 5 heteroatoms. The third kappa shape index (κ3) is 3.48. The summed E-state index contributed by atoms with van der Waals surface area (Å²) < 4.78 is 5.19. The minimum atomic E-state index is -0.707. The van der Waals surface area contributed by atoms with E-state index in [9.17, 15) is 4.79 Å². The molecule has 0 aromatic rings. The second-order valence-electron chi connectivity index (χ2n) is 3.28. The van der Waals surface area contributed by atoms with Gasteiger partial charge in [-0.15, -0.1) is 0 Å². The van der Waals surface area contributed by atoms with E-state index in [1.165, 1.54) is 0 Å². The van der Waals surface area contributed by atoms with Crippen LogP contribution in [0.4, 0.5) is 0 Å². The molecule has 4 nitrogen and oxygen atoms in total. The molecule has 1 aliphatic rings. The number of nitrogens with zero attached hydrogens (tertiary/aromatic N) is 1. The summed E-state index contributed by atoms with van der Waals surface area (Å²) in [5, 5.41) is 9.06. The van der Waals surface area contributed by atoms with E-state index in [1.54, 1.807) is 11.8 Å². The topological polar surface area (TPSA) is 49.8 Å². The third-order valence-electron chi connectivity index (χ3n) is 2.37. The lowest BCUT2D eigenvalue weighted by Gasteiger charge is -2.31. The molecule has 1 rings (SSSR count). The van der Waals surface area contributed by atoms with E-state index in [-0.39, 0.29) is 6.04 Å². The van der Waals surface area contributed by atoms with Gasteiger partial charge in [-0.25, -0.2) is 0 Å². The Labute approximate surface area is 88.6 Å². The predicted molar refractivity (Wildman–Crippen MR) is 56.8 cm³/mol.